The lowest BCUT2D eigenvalue weighted by atomic mass is 10.2. The highest BCUT2D eigenvalue weighted by Gasteiger charge is 2.18. The van der Waals surface area contributed by atoms with E-state index in [1.165, 1.54) is 11.8 Å². The van der Waals surface area contributed by atoms with Crippen LogP contribution in [0.4, 0.5) is 5.69 Å². The summed E-state index contributed by atoms with van der Waals surface area (Å²) in [4.78, 5) is 14.2. The fourth-order valence-electron chi connectivity index (χ4n) is 2.47. The number of nitrogens with zero attached hydrogens (tertiary/aromatic N) is 4. The molecule has 0 atom stereocenters. The third kappa shape index (κ3) is 3.86. The smallest absolute Gasteiger partial charge is 0.237 e. The molecular formula is C18H19BrN4O2S. The van der Waals surface area contributed by atoms with Crippen molar-refractivity contribution >= 4 is 39.3 Å². The Morgan fingerprint density at radius 2 is 2.15 bits per heavy atom. The van der Waals surface area contributed by atoms with Gasteiger partial charge in [-0.1, -0.05) is 27.7 Å². The van der Waals surface area contributed by atoms with Gasteiger partial charge in [0.15, 0.2) is 16.7 Å². The highest BCUT2D eigenvalue weighted by Crippen LogP contribution is 2.26. The van der Waals surface area contributed by atoms with Crippen LogP contribution < -0.4 is 4.90 Å². The van der Waals surface area contributed by atoms with E-state index < -0.39 is 0 Å². The Bertz CT molecular complexity index is 908. The molecule has 1 amide bonds. The first-order valence-electron chi connectivity index (χ1n) is 8.13. The number of carbonyl (C=O) groups excluding carboxylic acids is 1. The molecule has 0 unspecified atom stereocenters. The second-order valence-corrected chi connectivity index (χ2v) is 7.50. The zero-order valence-corrected chi connectivity index (χ0v) is 17.2. The second-order valence-electron chi connectivity index (χ2n) is 5.70. The molecule has 6 nitrogen and oxygen atoms in total. The number of rotatable bonds is 6. The van der Waals surface area contributed by atoms with Gasteiger partial charge in [-0.15, -0.1) is 10.2 Å². The molecule has 0 saturated carbocycles. The fourth-order valence-corrected chi connectivity index (χ4v) is 3.64. The molecule has 0 radical (unpaired) electrons. The van der Waals surface area contributed by atoms with Gasteiger partial charge in [-0.25, -0.2) is 0 Å². The zero-order chi connectivity index (χ0) is 18.7. The van der Waals surface area contributed by atoms with E-state index in [0.29, 0.717) is 23.3 Å². The monoisotopic (exact) mass is 434 g/mol. The molecular weight excluding hydrogens is 416 g/mol. The Labute approximate surface area is 164 Å². The zero-order valence-electron chi connectivity index (χ0n) is 14.8. The Morgan fingerprint density at radius 3 is 2.81 bits per heavy atom. The van der Waals surface area contributed by atoms with E-state index in [2.05, 4.69) is 26.1 Å². The van der Waals surface area contributed by atoms with Gasteiger partial charge < -0.3 is 9.32 Å². The van der Waals surface area contributed by atoms with Crippen LogP contribution in [0.5, 0.6) is 0 Å². The number of aryl methyl sites for hydroxylation is 1. The van der Waals surface area contributed by atoms with Crippen molar-refractivity contribution in [2.75, 3.05) is 17.7 Å². The highest BCUT2D eigenvalue weighted by atomic mass is 79.9. The molecule has 2 aromatic heterocycles. The summed E-state index contributed by atoms with van der Waals surface area (Å²) >= 11 is 4.85. The van der Waals surface area contributed by atoms with Crippen molar-refractivity contribution in [3.05, 3.63) is 46.6 Å². The molecule has 8 heteroatoms. The minimum atomic E-state index is 0.00178. The molecule has 0 aliphatic heterocycles. The molecule has 0 aliphatic rings. The van der Waals surface area contributed by atoms with E-state index in [9.17, 15) is 4.79 Å². The lowest BCUT2D eigenvalue weighted by Crippen LogP contribution is -2.28. The number of anilines is 1. The first-order chi connectivity index (χ1) is 12.5. The first kappa shape index (κ1) is 18.7. The Balaban J connectivity index is 1.70. The molecule has 1 aromatic carbocycles. The average Bonchev–Trinajstić information content (AvgIpc) is 3.30. The van der Waals surface area contributed by atoms with E-state index in [1.807, 2.05) is 48.7 Å². The van der Waals surface area contributed by atoms with Crippen molar-refractivity contribution in [1.29, 1.82) is 0 Å². The molecule has 0 fully saturated rings. The number of hydrogen-bond acceptors (Lipinski definition) is 5. The number of thioether (sulfide) groups is 1. The minimum absolute atomic E-state index is 0.00178. The van der Waals surface area contributed by atoms with Crippen molar-refractivity contribution in [2.24, 2.45) is 0 Å². The average molecular weight is 435 g/mol. The summed E-state index contributed by atoms with van der Waals surface area (Å²) in [5.74, 6) is 1.62. The predicted octanol–water partition coefficient (Wildman–Crippen LogP) is 4.38. The molecule has 136 valence electrons. The fraction of sp³-hybridized carbons (Fsp3) is 0.278. The van der Waals surface area contributed by atoms with Crippen LogP contribution in [-0.4, -0.2) is 33.5 Å². The van der Waals surface area contributed by atoms with Gasteiger partial charge >= 0.3 is 0 Å². The van der Waals surface area contributed by atoms with Crippen molar-refractivity contribution in [3.63, 3.8) is 0 Å². The molecule has 0 saturated heterocycles. The number of benzene rings is 1. The highest BCUT2D eigenvalue weighted by molar-refractivity contribution is 9.10. The van der Waals surface area contributed by atoms with E-state index in [-0.39, 0.29) is 11.7 Å². The summed E-state index contributed by atoms with van der Waals surface area (Å²) in [6.07, 6.45) is 1.61. The Kier molecular flexibility index (Phi) is 5.83. The van der Waals surface area contributed by atoms with Gasteiger partial charge in [-0.3, -0.25) is 9.36 Å². The third-order valence-corrected chi connectivity index (χ3v) is 5.84. The van der Waals surface area contributed by atoms with Crippen molar-refractivity contribution in [1.82, 2.24) is 14.8 Å². The maximum absolute atomic E-state index is 12.6. The van der Waals surface area contributed by atoms with E-state index in [4.69, 9.17) is 4.42 Å². The minimum Gasteiger partial charge on any atom is -0.461 e. The summed E-state index contributed by atoms with van der Waals surface area (Å²) in [7, 11) is 1.78. The van der Waals surface area contributed by atoms with Gasteiger partial charge in [-0.05, 0) is 49.7 Å². The topological polar surface area (TPSA) is 64.2 Å². The largest absolute Gasteiger partial charge is 0.461 e. The van der Waals surface area contributed by atoms with Crippen molar-refractivity contribution in [2.45, 2.75) is 25.5 Å². The molecule has 0 spiro atoms. The van der Waals surface area contributed by atoms with Crippen LogP contribution in [-0.2, 0) is 11.3 Å². The van der Waals surface area contributed by atoms with E-state index in [1.54, 1.807) is 18.2 Å². The standard InChI is InChI=1S/C18H19BrN4O2S/c1-4-23-17(15-6-5-9-25-15)20-21-18(23)26-11-16(24)22(3)13-7-8-14(19)12(2)10-13/h5-10H,4,11H2,1-3H3. The maximum atomic E-state index is 12.6. The van der Waals surface area contributed by atoms with Crippen LogP contribution in [0, 0.1) is 6.92 Å². The number of halogens is 1. The van der Waals surface area contributed by atoms with Crippen LogP contribution in [0.1, 0.15) is 12.5 Å². The van der Waals surface area contributed by atoms with Crippen LogP contribution in [0.25, 0.3) is 11.6 Å². The molecule has 0 bridgehead atoms. The van der Waals surface area contributed by atoms with Gasteiger partial charge in [0, 0.05) is 23.8 Å². The van der Waals surface area contributed by atoms with Crippen LogP contribution in [0.2, 0.25) is 0 Å². The van der Waals surface area contributed by atoms with E-state index >= 15 is 0 Å². The normalized spacial score (nSPS) is 10.9. The van der Waals surface area contributed by atoms with Gasteiger partial charge in [0.1, 0.15) is 0 Å². The lowest BCUT2D eigenvalue weighted by molar-refractivity contribution is -0.115. The quantitative estimate of drug-likeness (QED) is 0.538. The summed E-state index contributed by atoms with van der Waals surface area (Å²) in [5, 5.41) is 9.11. The SMILES string of the molecule is CCn1c(SCC(=O)N(C)c2ccc(Br)c(C)c2)nnc1-c1ccco1. The van der Waals surface area contributed by atoms with Gasteiger partial charge in [0.2, 0.25) is 5.91 Å². The number of furan rings is 1. The third-order valence-electron chi connectivity index (χ3n) is 4.00. The van der Waals surface area contributed by atoms with Crippen LogP contribution >= 0.6 is 27.7 Å². The molecule has 3 rings (SSSR count). The van der Waals surface area contributed by atoms with Gasteiger partial charge in [0.05, 0.1) is 12.0 Å². The maximum Gasteiger partial charge on any atom is 0.237 e. The number of carbonyl (C=O) groups is 1. The Morgan fingerprint density at radius 1 is 1.35 bits per heavy atom. The molecule has 0 N–H and O–H groups in total. The van der Waals surface area contributed by atoms with Gasteiger partial charge in [-0.2, -0.15) is 0 Å². The van der Waals surface area contributed by atoms with Crippen LogP contribution in [0.3, 0.4) is 0 Å². The predicted molar refractivity (Wildman–Crippen MR) is 106 cm³/mol. The summed E-state index contributed by atoms with van der Waals surface area (Å²) in [6.45, 7) is 4.71. The summed E-state index contributed by atoms with van der Waals surface area (Å²) in [5.41, 5.74) is 1.95. The summed E-state index contributed by atoms with van der Waals surface area (Å²) in [6, 6.07) is 9.51. The lowest BCUT2D eigenvalue weighted by Gasteiger charge is -2.18. The van der Waals surface area contributed by atoms with Crippen molar-refractivity contribution in [3.8, 4) is 11.6 Å². The van der Waals surface area contributed by atoms with E-state index in [0.717, 1.165) is 15.7 Å². The molecule has 26 heavy (non-hydrogen) atoms. The molecule has 0 aliphatic carbocycles. The summed E-state index contributed by atoms with van der Waals surface area (Å²) < 4.78 is 8.38. The molecule has 2 heterocycles. The van der Waals surface area contributed by atoms with Crippen molar-refractivity contribution < 1.29 is 9.21 Å². The van der Waals surface area contributed by atoms with Crippen LogP contribution in [0.15, 0.2) is 50.6 Å². The Hall–Kier alpha value is -2.06. The van der Waals surface area contributed by atoms with Gasteiger partial charge in [0.25, 0.3) is 0 Å². The number of amides is 1. The number of hydrogen-bond donors (Lipinski definition) is 0. The first-order valence-corrected chi connectivity index (χ1v) is 9.91. The second kappa shape index (κ2) is 8.09. The molecule has 3 aromatic rings. The number of aromatic nitrogens is 3.